The Kier molecular flexibility index (Phi) is 4.69. The van der Waals surface area contributed by atoms with Crippen LogP contribution in [0.2, 0.25) is 10.0 Å². The van der Waals surface area contributed by atoms with Crippen LogP contribution in [0, 0.1) is 0 Å². The highest BCUT2D eigenvalue weighted by Gasteiger charge is 2.16. The number of rotatable bonds is 3. The predicted octanol–water partition coefficient (Wildman–Crippen LogP) is 2.96. The minimum Gasteiger partial charge on any atom is -0.327 e. The minimum atomic E-state index is 0.337. The average Bonchev–Trinajstić information content (AvgIpc) is 2.28. The zero-order valence-corrected chi connectivity index (χ0v) is 11.3. The summed E-state index contributed by atoms with van der Waals surface area (Å²) >= 11 is 12.0. The SMILES string of the molecule is NC1CCCN(CCc2ccc(Cl)cc2Cl)C1. The van der Waals surface area contributed by atoms with Gasteiger partial charge >= 0.3 is 0 Å². The predicted molar refractivity (Wildman–Crippen MR) is 73.8 cm³/mol. The first-order valence-corrected chi connectivity index (χ1v) is 6.82. The molecular formula is C13H18Cl2N2. The zero-order valence-electron chi connectivity index (χ0n) is 9.83. The van der Waals surface area contributed by atoms with Crippen LogP contribution in [0.5, 0.6) is 0 Å². The van der Waals surface area contributed by atoms with E-state index in [1.807, 2.05) is 12.1 Å². The molecule has 1 fully saturated rings. The van der Waals surface area contributed by atoms with Gasteiger partial charge in [-0.25, -0.2) is 0 Å². The minimum absolute atomic E-state index is 0.337. The van der Waals surface area contributed by atoms with Crippen molar-refractivity contribution in [3.05, 3.63) is 33.8 Å². The smallest absolute Gasteiger partial charge is 0.0453 e. The third-order valence-corrected chi connectivity index (χ3v) is 3.84. The van der Waals surface area contributed by atoms with Crippen molar-refractivity contribution < 1.29 is 0 Å². The molecule has 0 aromatic heterocycles. The summed E-state index contributed by atoms with van der Waals surface area (Å²) in [6.45, 7) is 3.18. The van der Waals surface area contributed by atoms with Gasteiger partial charge in [-0.2, -0.15) is 0 Å². The van der Waals surface area contributed by atoms with Crippen LogP contribution in [0.4, 0.5) is 0 Å². The Morgan fingerprint density at radius 2 is 2.18 bits per heavy atom. The van der Waals surface area contributed by atoms with E-state index in [-0.39, 0.29) is 0 Å². The van der Waals surface area contributed by atoms with Crippen LogP contribution in [0.3, 0.4) is 0 Å². The number of nitrogens with zero attached hydrogens (tertiary/aromatic N) is 1. The fourth-order valence-electron chi connectivity index (χ4n) is 2.30. The Balaban J connectivity index is 1.88. The lowest BCUT2D eigenvalue weighted by molar-refractivity contribution is 0.211. The summed E-state index contributed by atoms with van der Waals surface area (Å²) in [5, 5.41) is 1.46. The normalized spacial score (nSPS) is 21.7. The molecule has 1 aliphatic heterocycles. The molecule has 2 N–H and O–H groups in total. The standard InChI is InChI=1S/C13H18Cl2N2/c14-11-4-3-10(13(15)8-11)5-7-17-6-1-2-12(16)9-17/h3-4,8,12H,1-2,5-7,9,16H2. The van der Waals surface area contributed by atoms with E-state index < -0.39 is 0 Å². The van der Waals surface area contributed by atoms with Crippen molar-refractivity contribution in [3.63, 3.8) is 0 Å². The zero-order chi connectivity index (χ0) is 12.3. The lowest BCUT2D eigenvalue weighted by Crippen LogP contribution is -2.43. The fourth-order valence-corrected chi connectivity index (χ4v) is 2.80. The van der Waals surface area contributed by atoms with Crippen LogP contribution in [0.25, 0.3) is 0 Å². The van der Waals surface area contributed by atoms with E-state index in [4.69, 9.17) is 28.9 Å². The van der Waals surface area contributed by atoms with Gasteiger partial charge in [-0.05, 0) is 43.5 Å². The molecule has 4 heteroatoms. The van der Waals surface area contributed by atoms with Crippen molar-refractivity contribution in [3.8, 4) is 0 Å². The van der Waals surface area contributed by atoms with Gasteiger partial charge in [-0.15, -0.1) is 0 Å². The van der Waals surface area contributed by atoms with Crippen molar-refractivity contribution in [1.29, 1.82) is 0 Å². The highest BCUT2D eigenvalue weighted by atomic mass is 35.5. The average molecular weight is 273 g/mol. The largest absolute Gasteiger partial charge is 0.327 e. The Morgan fingerprint density at radius 3 is 2.88 bits per heavy atom. The van der Waals surface area contributed by atoms with Crippen molar-refractivity contribution in [2.45, 2.75) is 25.3 Å². The quantitative estimate of drug-likeness (QED) is 0.917. The molecule has 1 atom stereocenters. The summed E-state index contributed by atoms with van der Waals surface area (Å²) in [6, 6.07) is 6.05. The van der Waals surface area contributed by atoms with Crippen LogP contribution in [0.1, 0.15) is 18.4 Å². The van der Waals surface area contributed by atoms with Crippen LogP contribution in [-0.2, 0) is 6.42 Å². The van der Waals surface area contributed by atoms with Gasteiger partial charge in [0.25, 0.3) is 0 Å². The molecular weight excluding hydrogens is 255 g/mol. The maximum atomic E-state index is 6.15. The highest BCUT2D eigenvalue weighted by molar-refractivity contribution is 6.35. The van der Waals surface area contributed by atoms with Crippen molar-refractivity contribution in [2.24, 2.45) is 5.73 Å². The first kappa shape index (κ1) is 13.2. The van der Waals surface area contributed by atoms with Crippen molar-refractivity contribution >= 4 is 23.2 Å². The molecule has 17 heavy (non-hydrogen) atoms. The summed E-state index contributed by atoms with van der Waals surface area (Å²) in [7, 11) is 0. The molecule has 0 amide bonds. The first-order valence-electron chi connectivity index (χ1n) is 6.07. The molecule has 1 aromatic carbocycles. The van der Waals surface area contributed by atoms with Crippen LogP contribution in [0.15, 0.2) is 18.2 Å². The van der Waals surface area contributed by atoms with Gasteiger partial charge in [0.05, 0.1) is 0 Å². The summed E-state index contributed by atoms with van der Waals surface area (Å²) in [5.41, 5.74) is 7.12. The maximum Gasteiger partial charge on any atom is 0.0453 e. The van der Waals surface area contributed by atoms with E-state index in [1.165, 1.54) is 6.42 Å². The van der Waals surface area contributed by atoms with Gasteiger partial charge in [0.1, 0.15) is 0 Å². The topological polar surface area (TPSA) is 29.3 Å². The monoisotopic (exact) mass is 272 g/mol. The summed E-state index contributed by atoms with van der Waals surface area (Å²) in [5.74, 6) is 0. The molecule has 0 aliphatic carbocycles. The summed E-state index contributed by atoms with van der Waals surface area (Å²) in [6.07, 6.45) is 3.32. The number of hydrogen-bond acceptors (Lipinski definition) is 2. The van der Waals surface area contributed by atoms with E-state index in [1.54, 1.807) is 6.07 Å². The van der Waals surface area contributed by atoms with Crippen molar-refractivity contribution in [1.82, 2.24) is 4.90 Å². The number of halogens is 2. The molecule has 0 bridgehead atoms. The Morgan fingerprint density at radius 1 is 1.35 bits per heavy atom. The molecule has 1 aliphatic rings. The Labute approximate surface area is 113 Å². The molecule has 2 nitrogen and oxygen atoms in total. The second-order valence-corrected chi connectivity index (χ2v) is 5.53. The number of benzene rings is 1. The molecule has 0 radical (unpaired) electrons. The first-order chi connectivity index (χ1) is 8.15. The van der Waals surface area contributed by atoms with Gasteiger partial charge < -0.3 is 10.6 Å². The third kappa shape index (κ3) is 3.85. The van der Waals surface area contributed by atoms with Crippen molar-refractivity contribution in [2.75, 3.05) is 19.6 Å². The van der Waals surface area contributed by atoms with Gasteiger partial charge in [0.2, 0.25) is 0 Å². The fraction of sp³-hybridized carbons (Fsp3) is 0.538. The van der Waals surface area contributed by atoms with E-state index in [0.717, 1.165) is 43.1 Å². The van der Waals surface area contributed by atoms with Gasteiger partial charge in [0.15, 0.2) is 0 Å². The molecule has 0 spiro atoms. The summed E-state index contributed by atoms with van der Waals surface area (Å²) in [4.78, 5) is 2.42. The second-order valence-electron chi connectivity index (χ2n) is 4.69. The van der Waals surface area contributed by atoms with E-state index in [2.05, 4.69) is 4.90 Å². The Hall–Kier alpha value is -0.280. The lowest BCUT2D eigenvalue weighted by Gasteiger charge is -2.30. The number of nitrogens with two attached hydrogens (primary N) is 1. The molecule has 2 rings (SSSR count). The van der Waals surface area contributed by atoms with Gasteiger partial charge in [0, 0.05) is 29.2 Å². The van der Waals surface area contributed by atoms with Crippen LogP contribution >= 0.6 is 23.2 Å². The molecule has 1 aromatic rings. The van der Waals surface area contributed by atoms with E-state index in [9.17, 15) is 0 Å². The number of piperidine rings is 1. The van der Waals surface area contributed by atoms with E-state index >= 15 is 0 Å². The summed E-state index contributed by atoms with van der Waals surface area (Å²) < 4.78 is 0. The molecule has 1 heterocycles. The lowest BCUT2D eigenvalue weighted by atomic mass is 10.1. The van der Waals surface area contributed by atoms with Crippen LogP contribution in [-0.4, -0.2) is 30.6 Å². The molecule has 1 saturated heterocycles. The third-order valence-electron chi connectivity index (χ3n) is 3.25. The van der Waals surface area contributed by atoms with Crippen LogP contribution < -0.4 is 5.73 Å². The second kappa shape index (κ2) is 6.05. The molecule has 1 unspecified atom stereocenters. The number of likely N-dealkylation sites (tertiary alicyclic amines) is 1. The maximum absolute atomic E-state index is 6.15. The van der Waals surface area contributed by atoms with E-state index in [0.29, 0.717) is 11.1 Å². The Bertz CT molecular complexity index is 382. The van der Waals surface area contributed by atoms with Gasteiger partial charge in [-0.3, -0.25) is 0 Å². The highest BCUT2D eigenvalue weighted by Crippen LogP contribution is 2.21. The van der Waals surface area contributed by atoms with Gasteiger partial charge in [-0.1, -0.05) is 29.3 Å². The molecule has 0 saturated carbocycles. The number of hydrogen-bond donors (Lipinski definition) is 1. The molecule has 94 valence electrons.